The highest BCUT2D eigenvalue weighted by Crippen LogP contribution is 2.56. The van der Waals surface area contributed by atoms with E-state index < -0.39 is 0 Å². The van der Waals surface area contributed by atoms with Crippen molar-refractivity contribution < 1.29 is 9.47 Å². The van der Waals surface area contributed by atoms with E-state index in [2.05, 4.69) is 97.1 Å². The van der Waals surface area contributed by atoms with Crippen LogP contribution in [0, 0.1) is 0 Å². The number of ether oxygens (including phenoxy) is 2. The Bertz CT molecular complexity index is 1130. The summed E-state index contributed by atoms with van der Waals surface area (Å²) in [6.07, 6.45) is 0. The first kappa shape index (κ1) is 18.5. The molecule has 0 unspecified atom stereocenters. The summed E-state index contributed by atoms with van der Waals surface area (Å²) in [6, 6.07) is 34.5. The Morgan fingerprint density at radius 2 is 1.07 bits per heavy atom. The molecule has 2 heteroatoms. The fourth-order valence-electron chi connectivity index (χ4n) is 4.83. The first-order valence-corrected chi connectivity index (χ1v) is 10.4. The minimum atomic E-state index is -0.385. The molecule has 0 saturated carbocycles. The van der Waals surface area contributed by atoms with Gasteiger partial charge in [-0.2, -0.15) is 0 Å². The summed E-state index contributed by atoms with van der Waals surface area (Å²) >= 11 is 0. The highest BCUT2D eigenvalue weighted by Gasteiger charge is 2.45. The van der Waals surface area contributed by atoms with Gasteiger partial charge in [-0.3, -0.25) is 0 Å². The van der Waals surface area contributed by atoms with E-state index in [1.165, 1.54) is 33.4 Å². The third-order valence-corrected chi connectivity index (χ3v) is 6.07. The van der Waals surface area contributed by atoms with E-state index in [-0.39, 0.29) is 5.41 Å². The average Bonchev–Trinajstić information content (AvgIpc) is 3.11. The Morgan fingerprint density at radius 1 is 0.600 bits per heavy atom. The molecule has 0 bridgehead atoms. The van der Waals surface area contributed by atoms with E-state index in [0.717, 1.165) is 11.5 Å². The molecule has 0 N–H and O–H groups in total. The molecule has 148 valence electrons. The van der Waals surface area contributed by atoms with Crippen LogP contribution in [0.1, 0.15) is 29.2 Å². The van der Waals surface area contributed by atoms with Crippen LogP contribution in [0.15, 0.2) is 97.1 Å². The van der Waals surface area contributed by atoms with Crippen LogP contribution in [-0.2, 0) is 5.41 Å². The van der Waals surface area contributed by atoms with Crippen molar-refractivity contribution in [3.63, 3.8) is 0 Å². The molecule has 1 aliphatic carbocycles. The molecule has 30 heavy (non-hydrogen) atoms. The lowest BCUT2D eigenvalue weighted by Gasteiger charge is -2.34. The molecule has 0 heterocycles. The maximum Gasteiger partial charge on any atom is 0.119 e. The standard InChI is InChI=1S/C28H24O2/c1-3-30-23-18-14-21(15-19-23)28(20-12-16-22(29-2)17-13-20)26-10-6-4-8-24(26)25-9-5-7-11-27(25)28/h4-19H,3H2,1-2H3. The smallest absolute Gasteiger partial charge is 0.119 e. The Hall–Kier alpha value is -3.52. The van der Waals surface area contributed by atoms with Gasteiger partial charge in [0.05, 0.1) is 19.1 Å². The third kappa shape index (κ3) is 2.64. The predicted octanol–water partition coefficient (Wildman–Crippen LogP) is 6.46. The van der Waals surface area contributed by atoms with E-state index in [0.29, 0.717) is 6.61 Å². The molecular weight excluding hydrogens is 368 g/mol. The van der Waals surface area contributed by atoms with Crippen molar-refractivity contribution in [3.05, 3.63) is 119 Å². The van der Waals surface area contributed by atoms with Crippen LogP contribution in [0.2, 0.25) is 0 Å². The second-order valence-electron chi connectivity index (χ2n) is 7.53. The first-order valence-electron chi connectivity index (χ1n) is 10.4. The van der Waals surface area contributed by atoms with Crippen LogP contribution < -0.4 is 9.47 Å². The molecule has 0 saturated heterocycles. The Kier molecular flexibility index (Phi) is 4.55. The molecule has 0 atom stereocenters. The Balaban J connectivity index is 1.84. The molecule has 4 aromatic rings. The van der Waals surface area contributed by atoms with Crippen molar-refractivity contribution in [2.45, 2.75) is 12.3 Å². The summed E-state index contributed by atoms with van der Waals surface area (Å²) in [6.45, 7) is 2.67. The summed E-state index contributed by atoms with van der Waals surface area (Å²) in [5, 5.41) is 0. The number of hydrogen-bond acceptors (Lipinski definition) is 2. The third-order valence-electron chi connectivity index (χ3n) is 6.07. The number of fused-ring (bicyclic) bond motifs is 3. The zero-order valence-corrected chi connectivity index (χ0v) is 17.3. The van der Waals surface area contributed by atoms with Crippen LogP contribution in [0.5, 0.6) is 11.5 Å². The van der Waals surface area contributed by atoms with Gasteiger partial charge in [0.1, 0.15) is 11.5 Å². The van der Waals surface area contributed by atoms with Gasteiger partial charge in [0, 0.05) is 0 Å². The molecule has 0 aromatic heterocycles. The SMILES string of the molecule is CCOc1ccc(C2(c3ccc(OC)cc3)c3ccccc3-c3ccccc32)cc1. The van der Waals surface area contributed by atoms with Gasteiger partial charge in [0.25, 0.3) is 0 Å². The number of hydrogen-bond donors (Lipinski definition) is 0. The molecule has 5 rings (SSSR count). The van der Waals surface area contributed by atoms with Crippen molar-refractivity contribution >= 4 is 0 Å². The Labute approximate surface area is 177 Å². The molecule has 0 aliphatic heterocycles. The van der Waals surface area contributed by atoms with E-state index in [4.69, 9.17) is 9.47 Å². The highest BCUT2D eigenvalue weighted by atomic mass is 16.5. The number of methoxy groups -OCH3 is 1. The first-order chi connectivity index (χ1) is 14.8. The van der Waals surface area contributed by atoms with Crippen molar-refractivity contribution in [3.8, 4) is 22.6 Å². The molecule has 4 aromatic carbocycles. The van der Waals surface area contributed by atoms with E-state index in [9.17, 15) is 0 Å². The van der Waals surface area contributed by atoms with Crippen LogP contribution in [0.25, 0.3) is 11.1 Å². The largest absolute Gasteiger partial charge is 0.497 e. The molecule has 1 aliphatic rings. The lowest BCUT2D eigenvalue weighted by atomic mass is 9.68. The minimum Gasteiger partial charge on any atom is -0.497 e. The van der Waals surface area contributed by atoms with Crippen LogP contribution in [-0.4, -0.2) is 13.7 Å². The fourth-order valence-corrected chi connectivity index (χ4v) is 4.83. The molecule has 0 radical (unpaired) electrons. The monoisotopic (exact) mass is 392 g/mol. The van der Waals surface area contributed by atoms with Crippen molar-refractivity contribution in [2.24, 2.45) is 0 Å². The number of rotatable bonds is 5. The van der Waals surface area contributed by atoms with E-state index in [1.54, 1.807) is 7.11 Å². The molecule has 0 fully saturated rings. The Morgan fingerprint density at radius 3 is 1.53 bits per heavy atom. The van der Waals surface area contributed by atoms with Gasteiger partial charge in [-0.25, -0.2) is 0 Å². The summed E-state index contributed by atoms with van der Waals surface area (Å²) in [5.41, 5.74) is 7.26. The van der Waals surface area contributed by atoms with Gasteiger partial charge in [0.2, 0.25) is 0 Å². The highest BCUT2D eigenvalue weighted by molar-refractivity contribution is 5.86. The van der Waals surface area contributed by atoms with Gasteiger partial charge in [-0.15, -0.1) is 0 Å². The van der Waals surface area contributed by atoms with Gasteiger partial charge in [0.15, 0.2) is 0 Å². The lowest BCUT2D eigenvalue weighted by molar-refractivity contribution is 0.340. The summed E-state index contributed by atoms with van der Waals surface area (Å²) in [4.78, 5) is 0. The molecule has 0 spiro atoms. The summed E-state index contributed by atoms with van der Waals surface area (Å²) < 4.78 is 11.2. The van der Waals surface area contributed by atoms with E-state index in [1.807, 2.05) is 6.92 Å². The van der Waals surface area contributed by atoms with Gasteiger partial charge < -0.3 is 9.47 Å². The maximum atomic E-state index is 5.71. The minimum absolute atomic E-state index is 0.385. The maximum absolute atomic E-state index is 5.71. The second kappa shape index (κ2) is 7.38. The van der Waals surface area contributed by atoms with Crippen molar-refractivity contribution in [1.29, 1.82) is 0 Å². The molecular formula is C28H24O2. The quantitative estimate of drug-likeness (QED) is 0.342. The fraction of sp³-hybridized carbons (Fsp3) is 0.143. The van der Waals surface area contributed by atoms with E-state index >= 15 is 0 Å². The zero-order chi connectivity index (χ0) is 20.6. The second-order valence-corrected chi connectivity index (χ2v) is 7.53. The average molecular weight is 392 g/mol. The van der Waals surface area contributed by atoms with Crippen molar-refractivity contribution in [2.75, 3.05) is 13.7 Å². The van der Waals surface area contributed by atoms with Crippen LogP contribution >= 0.6 is 0 Å². The lowest BCUT2D eigenvalue weighted by Crippen LogP contribution is -2.28. The predicted molar refractivity (Wildman–Crippen MR) is 121 cm³/mol. The van der Waals surface area contributed by atoms with Crippen molar-refractivity contribution in [1.82, 2.24) is 0 Å². The van der Waals surface area contributed by atoms with Crippen LogP contribution in [0.3, 0.4) is 0 Å². The summed E-state index contributed by atoms with van der Waals surface area (Å²) in [7, 11) is 1.71. The van der Waals surface area contributed by atoms with Gasteiger partial charge in [-0.1, -0.05) is 72.8 Å². The topological polar surface area (TPSA) is 18.5 Å². The van der Waals surface area contributed by atoms with Gasteiger partial charge >= 0.3 is 0 Å². The van der Waals surface area contributed by atoms with Gasteiger partial charge in [-0.05, 0) is 64.6 Å². The zero-order valence-electron chi connectivity index (χ0n) is 17.3. The van der Waals surface area contributed by atoms with Crippen LogP contribution in [0.4, 0.5) is 0 Å². The molecule has 0 amide bonds. The number of benzene rings is 4. The molecule has 2 nitrogen and oxygen atoms in total. The normalized spacial score (nSPS) is 13.4. The summed E-state index contributed by atoms with van der Waals surface area (Å²) in [5.74, 6) is 1.76.